The molecule has 5 heteroatoms. The molecular formula is C9H4ClN3S. The maximum absolute atomic E-state index is 8.61. The molecule has 0 bridgehead atoms. The lowest BCUT2D eigenvalue weighted by atomic mass is 10.1. The highest BCUT2D eigenvalue weighted by Gasteiger charge is 2.07. The summed E-state index contributed by atoms with van der Waals surface area (Å²) in [6.07, 6.45) is 0. The third-order valence-electron chi connectivity index (χ3n) is 1.74. The van der Waals surface area contributed by atoms with Crippen molar-refractivity contribution in [1.29, 1.82) is 5.26 Å². The van der Waals surface area contributed by atoms with Gasteiger partial charge in [-0.2, -0.15) is 14.0 Å². The minimum Gasteiger partial charge on any atom is -0.192 e. The van der Waals surface area contributed by atoms with Gasteiger partial charge in [0.1, 0.15) is 5.69 Å². The average Bonchev–Trinajstić information content (AvgIpc) is 2.65. The molecule has 68 valence electrons. The third-order valence-corrected chi connectivity index (χ3v) is 2.63. The van der Waals surface area contributed by atoms with Crippen molar-refractivity contribution in [2.45, 2.75) is 0 Å². The highest BCUT2D eigenvalue weighted by atomic mass is 35.5. The van der Waals surface area contributed by atoms with Crippen LogP contribution in [0.15, 0.2) is 24.3 Å². The van der Waals surface area contributed by atoms with Crippen molar-refractivity contribution in [1.82, 2.24) is 8.75 Å². The van der Waals surface area contributed by atoms with Crippen LogP contribution in [-0.2, 0) is 0 Å². The Kier molecular flexibility index (Phi) is 2.44. The smallest absolute Gasteiger partial charge is 0.170 e. The summed E-state index contributed by atoms with van der Waals surface area (Å²) in [5.74, 6) is 0. The van der Waals surface area contributed by atoms with Crippen molar-refractivity contribution in [3.05, 3.63) is 35.0 Å². The molecule has 0 fully saturated rings. The minimum atomic E-state index is 0.403. The largest absolute Gasteiger partial charge is 0.192 e. The molecule has 1 aromatic carbocycles. The second-order valence-corrected chi connectivity index (χ2v) is 3.48. The SMILES string of the molecule is N#Cc1ccc(-c2nsnc2Cl)cc1. The van der Waals surface area contributed by atoms with Gasteiger partial charge < -0.3 is 0 Å². The fourth-order valence-electron chi connectivity index (χ4n) is 1.05. The van der Waals surface area contributed by atoms with Crippen molar-refractivity contribution >= 4 is 23.3 Å². The number of nitriles is 1. The molecule has 3 nitrogen and oxygen atoms in total. The Morgan fingerprint density at radius 3 is 2.43 bits per heavy atom. The van der Waals surface area contributed by atoms with Crippen LogP contribution in [0.1, 0.15) is 5.56 Å². The lowest BCUT2D eigenvalue weighted by Crippen LogP contribution is -1.79. The lowest BCUT2D eigenvalue weighted by Gasteiger charge is -1.95. The second kappa shape index (κ2) is 3.74. The number of benzene rings is 1. The Hall–Kier alpha value is -1.44. The summed E-state index contributed by atoms with van der Waals surface area (Å²) in [7, 11) is 0. The van der Waals surface area contributed by atoms with Gasteiger partial charge in [-0.1, -0.05) is 23.7 Å². The summed E-state index contributed by atoms with van der Waals surface area (Å²) in [4.78, 5) is 0. The van der Waals surface area contributed by atoms with Crippen LogP contribution < -0.4 is 0 Å². The molecular weight excluding hydrogens is 218 g/mol. The molecule has 2 aromatic rings. The summed E-state index contributed by atoms with van der Waals surface area (Å²) < 4.78 is 7.92. The van der Waals surface area contributed by atoms with Crippen LogP contribution in [0.5, 0.6) is 0 Å². The zero-order chi connectivity index (χ0) is 9.97. The van der Waals surface area contributed by atoms with E-state index in [0.29, 0.717) is 16.4 Å². The van der Waals surface area contributed by atoms with E-state index < -0.39 is 0 Å². The maximum Gasteiger partial charge on any atom is 0.170 e. The number of aromatic nitrogens is 2. The molecule has 0 radical (unpaired) electrons. The Labute approximate surface area is 89.9 Å². The molecule has 0 aliphatic heterocycles. The van der Waals surface area contributed by atoms with E-state index in [1.165, 1.54) is 0 Å². The third kappa shape index (κ3) is 1.60. The molecule has 14 heavy (non-hydrogen) atoms. The van der Waals surface area contributed by atoms with Gasteiger partial charge in [-0.15, -0.1) is 0 Å². The number of rotatable bonds is 1. The lowest BCUT2D eigenvalue weighted by molar-refractivity contribution is 1.46. The first-order chi connectivity index (χ1) is 6.81. The van der Waals surface area contributed by atoms with Gasteiger partial charge >= 0.3 is 0 Å². The first kappa shape index (κ1) is 9.13. The van der Waals surface area contributed by atoms with Gasteiger partial charge in [0.2, 0.25) is 0 Å². The number of halogens is 1. The fraction of sp³-hybridized carbons (Fsp3) is 0. The van der Waals surface area contributed by atoms with Crippen LogP contribution in [-0.4, -0.2) is 8.75 Å². The van der Waals surface area contributed by atoms with Crippen LogP contribution in [0.3, 0.4) is 0 Å². The summed E-state index contributed by atoms with van der Waals surface area (Å²) in [6, 6.07) is 9.12. The van der Waals surface area contributed by atoms with Gasteiger partial charge in [0, 0.05) is 5.56 Å². The molecule has 0 N–H and O–H groups in total. The molecule has 0 saturated heterocycles. The first-order valence-electron chi connectivity index (χ1n) is 3.80. The standard InChI is InChI=1S/C9H4ClN3S/c10-9-8(12-14-13-9)7-3-1-6(5-11)2-4-7/h1-4H. The molecule has 0 aliphatic rings. The van der Waals surface area contributed by atoms with E-state index in [9.17, 15) is 0 Å². The molecule has 2 rings (SSSR count). The van der Waals surface area contributed by atoms with Crippen LogP contribution in [0.25, 0.3) is 11.3 Å². The zero-order valence-electron chi connectivity index (χ0n) is 6.94. The number of hydrogen-bond acceptors (Lipinski definition) is 4. The van der Waals surface area contributed by atoms with Gasteiger partial charge in [-0.3, -0.25) is 0 Å². The predicted octanol–water partition coefficient (Wildman–Crippen LogP) is 2.73. The van der Waals surface area contributed by atoms with Crippen LogP contribution in [0.2, 0.25) is 5.15 Å². The fourth-order valence-corrected chi connectivity index (χ4v) is 1.82. The van der Waals surface area contributed by atoms with Crippen molar-refractivity contribution in [3.63, 3.8) is 0 Å². The van der Waals surface area contributed by atoms with Gasteiger partial charge in [-0.25, -0.2) is 0 Å². The number of hydrogen-bond donors (Lipinski definition) is 0. The molecule has 0 unspecified atom stereocenters. The summed E-state index contributed by atoms with van der Waals surface area (Å²) in [6.45, 7) is 0. The highest BCUT2D eigenvalue weighted by Crippen LogP contribution is 2.25. The van der Waals surface area contributed by atoms with Crippen LogP contribution >= 0.6 is 23.3 Å². The molecule has 0 amide bonds. The number of nitrogens with zero attached hydrogens (tertiary/aromatic N) is 3. The van der Waals surface area contributed by atoms with Crippen molar-refractivity contribution in [2.24, 2.45) is 0 Å². The Morgan fingerprint density at radius 2 is 1.93 bits per heavy atom. The van der Waals surface area contributed by atoms with E-state index in [1.807, 2.05) is 6.07 Å². The monoisotopic (exact) mass is 221 g/mol. The van der Waals surface area contributed by atoms with Gasteiger partial charge in [0.15, 0.2) is 5.15 Å². The molecule has 1 aromatic heterocycles. The van der Waals surface area contributed by atoms with Gasteiger partial charge in [0.25, 0.3) is 0 Å². The normalized spacial score (nSPS) is 9.71. The Bertz CT molecular complexity index is 484. The van der Waals surface area contributed by atoms with Gasteiger partial charge in [-0.05, 0) is 12.1 Å². The van der Waals surface area contributed by atoms with E-state index in [1.54, 1.807) is 24.3 Å². The summed E-state index contributed by atoms with van der Waals surface area (Å²) in [5, 5.41) is 9.01. The van der Waals surface area contributed by atoms with Gasteiger partial charge in [0.05, 0.1) is 23.4 Å². The summed E-state index contributed by atoms with van der Waals surface area (Å²) in [5.41, 5.74) is 2.16. The van der Waals surface area contributed by atoms with Crippen molar-refractivity contribution in [2.75, 3.05) is 0 Å². The average molecular weight is 222 g/mol. The molecule has 0 spiro atoms. The molecule has 0 atom stereocenters. The second-order valence-electron chi connectivity index (χ2n) is 2.59. The minimum absolute atomic E-state index is 0.403. The van der Waals surface area contributed by atoms with Crippen LogP contribution in [0, 0.1) is 11.3 Å². The molecule has 0 saturated carbocycles. The maximum atomic E-state index is 8.61. The Morgan fingerprint density at radius 1 is 1.21 bits per heavy atom. The van der Waals surface area contributed by atoms with E-state index >= 15 is 0 Å². The molecule has 0 aliphatic carbocycles. The summed E-state index contributed by atoms with van der Waals surface area (Å²) >= 11 is 6.89. The quantitative estimate of drug-likeness (QED) is 0.744. The van der Waals surface area contributed by atoms with E-state index in [-0.39, 0.29) is 0 Å². The highest BCUT2D eigenvalue weighted by molar-refractivity contribution is 6.99. The van der Waals surface area contributed by atoms with E-state index in [2.05, 4.69) is 8.75 Å². The van der Waals surface area contributed by atoms with E-state index in [0.717, 1.165) is 17.3 Å². The Balaban J connectivity index is 2.45. The van der Waals surface area contributed by atoms with Crippen LogP contribution in [0.4, 0.5) is 0 Å². The van der Waals surface area contributed by atoms with Crippen molar-refractivity contribution < 1.29 is 0 Å². The zero-order valence-corrected chi connectivity index (χ0v) is 8.51. The molecule has 1 heterocycles. The topological polar surface area (TPSA) is 49.6 Å². The van der Waals surface area contributed by atoms with E-state index in [4.69, 9.17) is 16.9 Å². The predicted molar refractivity (Wildman–Crippen MR) is 55.1 cm³/mol. The van der Waals surface area contributed by atoms with Crippen molar-refractivity contribution in [3.8, 4) is 17.3 Å². The first-order valence-corrected chi connectivity index (χ1v) is 4.90.